The van der Waals surface area contributed by atoms with Crippen molar-refractivity contribution in [2.45, 2.75) is 0 Å². The summed E-state index contributed by atoms with van der Waals surface area (Å²) in [6, 6.07) is 5.66. The third-order valence-electron chi connectivity index (χ3n) is 2.13. The van der Waals surface area contributed by atoms with Crippen LogP contribution in [0.25, 0.3) is 0 Å². The van der Waals surface area contributed by atoms with Crippen molar-refractivity contribution in [3.63, 3.8) is 0 Å². The molecule has 1 aromatic heterocycles. The summed E-state index contributed by atoms with van der Waals surface area (Å²) >= 11 is 15.0. The van der Waals surface area contributed by atoms with Crippen LogP contribution in [0.3, 0.4) is 0 Å². The second-order valence-electron chi connectivity index (χ2n) is 3.43. The molecular formula is C11H7BrCl2FN3O. The number of rotatable bonds is 3. The van der Waals surface area contributed by atoms with Crippen molar-refractivity contribution in [2.75, 3.05) is 5.43 Å². The predicted octanol–water partition coefficient (Wildman–Crippen LogP) is 4.37. The predicted molar refractivity (Wildman–Crippen MR) is 76.2 cm³/mol. The maximum Gasteiger partial charge on any atom is 0.240 e. The first-order valence-electron chi connectivity index (χ1n) is 4.97. The molecule has 2 aromatic rings. The Bertz CT molecular complexity index is 627. The van der Waals surface area contributed by atoms with Gasteiger partial charge >= 0.3 is 0 Å². The van der Waals surface area contributed by atoms with E-state index in [-0.39, 0.29) is 27.5 Å². The molecule has 1 aromatic carbocycles. The van der Waals surface area contributed by atoms with E-state index in [1.165, 1.54) is 18.2 Å². The van der Waals surface area contributed by atoms with Crippen LogP contribution < -0.4 is 16.0 Å². The van der Waals surface area contributed by atoms with E-state index in [1.54, 1.807) is 6.07 Å². The van der Waals surface area contributed by atoms with Crippen molar-refractivity contribution in [3.8, 4) is 11.6 Å². The number of halogens is 4. The minimum atomic E-state index is -0.543. The topological polar surface area (TPSA) is 60.2 Å². The van der Waals surface area contributed by atoms with E-state index in [0.717, 1.165) is 0 Å². The Balaban J connectivity index is 2.40. The van der Waals surface area contributed by atoms with Gasteiger partial charge in [0.1, 0.15) is 5.02 Å². The van der Waals surface area contributed by atoms with E-state index in [0.29, 0.717) is 4.47 Å². The number of nitrogens with one attached hydrogen (secondary N) is 1. The molecule has 3 N–H and O–H groups in total. The summed E-state index contributed by atoms with van der Waals surface area (Å²) in [5, 5.41) is 0.373. The van der Waals surface area contributed by atoms with Crippen molar-refractivity contribution < 1.29 is 9.13 Å². The summed E-state index contributed by atoms with van der Waals surface area (Å²) in [5.41, 5.74) is 2.29. The highest BCUT2D eigenvalue weighted by atomic mass is 79.9. The van der Waals surface area contributed by atoms with Gasteiger partial charge in [-0.05, 0) is 24.3 Å². The van der Waals surface area contributed by atoms with Crippen molar-refractivity contribution in [1.29, 1.82) is 0 Å². The quantitative estimate of drug-likeness (QED) is 0.625. The molecular weight excluding hydrogens is 360 g/mol. The molecule has 0 atom stereocenters. The third-order valence-corrected chi connectivity index (χ3v) is 3.19. The molecule has 0 spiro atoms. The van der Waals surface area contributed by atoms with Crippen LogP contribution in [0.5, 0.6) is 11.6 Å². The Labute approximate surface area is 126 Å². The van der Waals surface area contributed by atoms with Gasteiger partial charge in [0.05, 0.1) is 5.02 Å². The van der Waals surface area contributed by atoms with Crippen LogP contribution in [-0.4, -0.2) is 4.98 Å². The fourth-order valence-electron chi connectivity index (χ4n) is 1.28. The summed E-state index contributed by atoms with van der Waals surface area (Å²) in [4.78, 5) is 3.95. The number of anilines is 1. The zero-order chi connectivity index (χ0) is 14.0. The monoisotopic (exact) mass is 365 g/mol. The van der Waals surface area contributed by atoms with Crippen molar-refractivity contribution in [2.24, 2.45) is 5.84 Å². The second-order valence-corrected chi connectivity index (χ2v) is 5.16. The smallest absolute Gasteiger partial charge is 0.240 e. The molecule has 0 aliphatic rings. The number of ether oxygens (including phenoxy) is 1. The van der Waals surface area contributed by atoms with E-state index < -0.39 is 5.82 Å². The van der Waals surface area contributed by atoms with Crippen molar-refractivity contribution >= 4 is 44.9 Å². The zero-order valence-corrected chi connectivity index (χ0v) is 12.4. The van der Waals surface area contributed by atoms with Gasteiger partial charge in [0.25, 0.3) is 0 Å². The zero-order valence-electron chi connectivity index (χ0n) is 9.25. The number of nitrogens with zero attached hydrogens (tertiary/aromatic N) is 1. The van der Waals surface area contributed by atoms with Crippen LogP contribution in [-0.2, 0) is 0 Å². The number of hydrazine groups is 1. The molecule has 0 unspecified atom stereocenters. The van der Waals surface area contributed by atoms with Crippen LogP contribution in [0.2, 0.25) is 10.0 Å². The standard InChI is InChI=1S/C11H7BrCl2FN3O/c12-5-1-2-8(15)9(3-5)19-11-7(14)4-6(13)10(17-11)18-16/h1-4H,16H2,(H,17,18). The van der Waals surface area contributed by atoms with Gasteiger partial charge in [-0.15, -0.1) is 0 Å². The first-order valence-corrected chi connectivity index (χ1v) is 6.51. The number of pyridine rings is 1. The van der Waals surface area contributed by atoms with Crippen LogP contribution >= 0.6 is 39.1 Å². The number of hydrogen-bond donors (Lipinski definition) is 2. The molecule has 0 aliphatic carbocycles. The fraction of sp³-hybridized carbons (Fsp3) is 0. The maximum atomic E-state index is 13.6. The first kappa shape index (κ1) is 14.3. The van der Waals surface area contributed by atoms with Gasteiger partial charge < -0.3 is 10.2 Å². The lowest BCUT2D eigenvalue weighted by molar-refractivity contribution is 0.428. The van der Waals surface area contributed by atoms with Crippen molar-refractivity contribution in [1.82, 2.24) is 4.98 Å². The lowest BCUT2D eigenvalue weighted by Crippen LogP contribution is -2.09. The van der Waals surface area contributed by atoms with Gasteiger partial charge in [-0.1, -0.05) is 39.1 Å². The average molecular weight is 367 g/mol. The molecule has 0 radical (unpaired) electrons. The molecule has 1 heterocycles. The molecule has 2 rings (SSSR count). The Kier molecular flexibility index (Phi) is 4.46. The highest BCUT2D eigenvalue weighted by Crippen LogP contribution is 2.34. The molecule has 0 amide bonds. The summed E-state index contributed by atoms with van der Waals surface area (Å²) < 4.78 is 19.5. The number of hydrogen-bond acceptors (Lipinski definition) is 4. The summed E-state index contributed by atoms with van der Waals surface area (Å²) in [6.07, 6.45) is 0. The van der Waals surface area contributed by atoms with Gasteiger partial charge in [-0.25, -0.2) is 10.2 Å². The van der Waals surface area contributed by atoms with Crippen LogP contribution in [0.15, 0.2) is 28.7 Å². The van der Waals surface area contributed by atoms with E-state index in [9.17, 15) is 4.39 Å². The SMILES string of the molecule is NNc1nc(Oc2cc(Br)ccc2F)c(Cl)cc1Cl. The number of nitrogen functional groups attached to an aromatic ring is 1. The average Bonchev–Trinajstić information content (AvgIpc) is 2.37. The normalized spacial score (nSPS) is 10.4. The molecule has 0 aliphatic heterocycles. The molecule has 4 nitrogen and oxygen atoms in total. The molecule has 0 fully saturated rings. The summed E-state index contributed by atoms with van der Waals surface area (Å²) in [6.45, 7) is 0. The molecule has 19 heavy (non-hydrogen) atoms. The van der Waals surface area contributed by atoms with E-state index in [1.807, 2.05) is 0 Å². The third kappa shape index (κ3) is 3.27. The van der Waals surface area contributed by atoms with Gasteiger partial charge in [0.2, 0.25) is 5.88 Å². The van der Waals surface area contributed by atoms with Crippen LogP contribution in [0.4, 0.5) is 10.2 Å². The summed E-state index contributed by atoms with van der Waals surface area (Å²) in [5.74, 6) is 4.85. The van der Waals surface area contributed by atoms with Gasteiger partial charge in [-0.2, -0.15) is 4.98 Å². The van der Waals surface area contributed by atoms with E-state index in [4.69, 9.17) is 33.8 Å². The Hall–Kier alpha value is -1.08. The van der Waals surface area contributed by atoms with Gasteiger partial charge in [0.15, 0.2) is 17.4 Å². The number of benzene rings is 1. The first-order chi connectivity index (χ1) is 9.01. The lowest BCUT2D eigenvalue weighted by Gasteiger charge is -2.10. The molecule has 0 bridgehead atoms. The van der Waals surface area contributed by atoms with Gasteiger partial charge in [0, 0.05) is 4.47 Å². The number of nitrogens with two attached hydrogens (primary N) is 1. The summed E-state index contributed by atoms with van der Waals surface area (Å²) in [7, 11) is 0. The van der Waals surface area contributed by atoms with Gasteiger partial charge in [-0.3, -0.25) is 0 Å². The fourth-order valence-corrected chi connectivity index (χ4v) is 2.07. The minimum absolute atomic E-state index is 0.00369. The number of aromatic nitrogens is 1. The maximum absolute atomic E-state index is 13.6. The lowest BCUT2D eigenvalue weighted by atomic mass is 10.3. The second kappa shape index (κ2) is 5.92. The highest BCUT2D eigenvalue weighted by Gasteiger charge is 2.13. The molecule has 100 valence electrons. The van der Waals surface area contributed by atoms with Crippen molar-refractivity contribution in [3.05, 3.63) is 44.6 Å². The Morgan fingerprint density at radius 3 is 2.68 bits per heavy atom. The Morgan fingerprint density at radius 2 is 2.00 bits per heavy atom. The molecule has 8 heteroatoms. The Morgan fingerprint density at radius 1 is 1.26 bits per heavy atom. The largest absolute Gasteiger partial charge is 0.434 e. The minimum Gasteiger partial charge on any atom is -0.434 e. The van der Waals surface area contributed by atoms with Crippen LogP contribution in [0.1, 0.15) is 0 Å². The van der Waals surface area contributed by atoms with E-state index in [2.05, 4.69) is 26.3 Å². The van der Waals surface area contributed by atoms with Crippen LogP contribution in [0, 0.1) is 5.82 Å². The highest BCUT2D eigenvalue weighted by molar-refractivity contribution is 9.10. The molecule has 0 saturated carbocycles. The van der Waals surface area contributed by atoms with E-state index >= 15 is 0 Å². The molecule has 0 saturated heterocycles.